The van der Waals surface area contributed by atoms with E-state index in [9.17, 15) is 4.79 Å². The predicted molar refractivity (Wildman–Crippen MR) is 95.8 cm³/mol. The molecule has 0 saturated heterocycles. The lowest BCUT2D eigenvalue weighted by molar-refractivity contribution is -0.119. The summed E-state index contributed by atoms with van der Waals surface area (Å²) in [5.74, 6) is 0.0343. The number of amides is 1. The summed E-state index contributed by atoms with van der Waals surface area (Å²) in [4.78, 5) is 15.7. The summed E-state index contributed by atoms with van der Waals surface area (Å²) < 4.78 is 0. The van der Waals surface area contributed by atoms with E-state index in [1.54, 1.807) is 18.3 Å². The molecule has 1 aromatic heterocycles. The fourth-order valence-electron chi connectivity index (χ4n) is 2.52. The Labute approximate surface area is 141 Å². The molecule has 1 aliphatic rings. The first-order valence-electron chi connectivity index (χ1n) is 8.18. The van der Waals surface area contributed by atoms with E-state index in [0.29, 0.717) is 6.04 Å². The first-order chi connectivity index (χ1) is 11.1. The number of benzene rings is 1. The smallest absolute Gasteiger partial charge is 0.217 e. The lowest BCUT2D eigenvalue weighted by Gasteiger charge is -2.12. The predicted octanol–water partition coefficient (Wildman–Crippen LogP) is 3.84. The van der Waals surface area contributed by atoms with Gasteiger partial charge in [-0.05, 0) is 38.2 Å². The molecule has 1 atom stereocenters. The largest absolute Gasteiger partial charge is 0.359 e. The summed E-state index contributed by atoms with van der Waals surface area (Å²) in [6.07, 6.45) is 4.44. The Kier molecular flexibility index (Phi) is 4.96. The highest BCUT2D eigenvalue weighted by Gasteiger charge is 2.22. The van der Waals surface area contributed by atoms with E-state index in [4.69, 9.17) is 0 Å². The van der Waals surface area contributed by atoms with Crippen LogP contribution in [0.5, 0.6) is 0 Å². The van der Waals surface area contributed by atoms with Crippen LogP contribution in [-0.2, 0) is 11.2 Å². The van der Waals surface area contributed by atoms with Crippen molar-refractivity contribution in [2.45, 2.75) is 51.6 Å². The molecule has 23 heavy (non-hydrogen) atoms. The minimum Gasteiger partial charge on any atom is -0.359 e. The van der Waals surface area contributed by atoms with E-state index >= 15 is 0 Å². The Morgan fingerprint density at radius 1 is 1.35 bits per heavy atom. The van der Waals surface area contributed by atoms with Crippen LogP contribution in [0.1, 0.15) is 38.7 Å². The zero-order chi connectivity index (χ0) is 16.2. The molecule has 1 saturated carbocycles. The normalized spacial score (nSPS) is 15.2. The molecule has 0 bridgehead atoms. The molecule has 5 heteroatoms. The standard InChI is InChI=1S/C18H23N3OS/c1-12(19-13(2)22)3-4-14-5-7-15(8-6-14)17-11-23-18(21-17)20-16-9-10-16/h5-8,11-12,16H,3-4,9-10H2,1-2H3,(H,19,22)(H,20,21)/t12-/m1/s1. The molecule has 4 nitrogen and oxygen atoms in total. The number of aromatic nitrogens is 1. The number of nitrogens with zero attached hydrogens (tertiary/aromatic N) is 1. The first kappa shape index (κ1) is 16.0. The summed E-state index contributed by atoms with van der Waals surface area (Å²) in [6.45, 7) is 3.60. The van der Waals surface area contributed by atoms with Crippen LogP contribution in [0, 0.1) is 0 Å². The minimum atomic E-state index is 0.0343. The monoisotopic (exact) mass is 329 g/mol. The van der Waals surface area contributed by atoms with Crippen LogP contribution >= 0.6 is 11.3 Å². The van der Waals surface area contributed by atoms with Gasteiger partial charge in [0.1, 0.15) is 0 Å². The second-order valence-electron chi connectivity index (χ2n) is 6.29. The molecule has 2 aromatic rings. The van der Waals surface area contributed by atoms with Crippen LogP contribution < -0.4 is 10.6 Å². The number of anilines is 1. The summed E-state index contributed by atoms with van der Waals surface area (Å²) in [5, 5.41) is 9.49. The van der Waals surface area contributed by atoms with Gasteiger partial charge in [0.15, 0.2) is 5.13 Å². The van der Waals surface area contributed by atoms with Gasteiger partial charge in [-0.25, -0.2) is 4.98 Å². The van der Waals surface area contributed by atoms with Crippen LogP contribution in [0.4, 0.5) is 5.13 Å². The van der Waals surface area contributed by atoms with E-state index in [-0.39, 0.29) is 11.9 Å². The summed E-state index contributed by atoms with van der Waals surface area (Å²) in [5.41, 5.74) is 3.48. The highest BCUT2D eigenvalue weighted by molar-refractivity contribution is 7.14. The highest BCUT2D eigenvalue weighted by atomic mass is 32.1. The average Bonchev–Trinajstić information content (AvgIpc) is 3.20. The number of aryl methyl sites for hydroxylation is 1. The summed E-state index contributed by atoms with van der Waals surface area (Å²) >= 11 is 1.67. The number of nitrogens with one attached hydrogen (secondary N) is 2. The van der Waals surface area contributed by atoms with E-state index in [0.717, 1.165) is 29.2 Å². The molecule has 1 fully saturated rings. The van der Waals surface area contributed by atoms with Crippen molar-refractivity contribution in [3.05, 3.63) is 35.2 Å². The minimum absolute atomic E-state index is 0.0343. The number of hydrogen-bond acceptors (Lipinski definition) is 4. The van der Waals surface area contributed by atoms with Gasteiger partial charge in [0.2, 0.25) is 5.91 Å². The van der Waals surface area contributed by atoms with Crippen molar-refractivity contribution in [2.24, 2.45) is 0 Å². The van der Waals surface area contributed by atoms with Gasteiger partial charge < -0.3 is 10.6 Å². The number of carbonyl (C=O) groups excluding carboxylic acids is 1. The van der Waals surface area contributed by atoms with E-state index in [1.807, 2.05) is 6.92 Å². The molecule has 2 N–H and O–H groups in total. The molecule has 0 aliphatic heterocycles. The third-order valence-electron chi connectivity index (χ3n) is 3.97. The quantitative estimate of drug-likeness (QED) is 0.811. The highest BCUT2D eigenvalue weighted by Crippen LogP contribution is 2.30. The van der Waals surface area contributed by atoms with Crippen molar-refractivity contribution < 1.29 is 4.79 Å². The van der Waals surface area contributed by atoms with Crippen LogP contribution in [0.25, 0.3) is 11.3 Å². The van der Waals surface area contributed by atoms with Gasteiger partial charge >= 0.3 is 0 Å². The molecule has 0 unspecified atom stereocenters. The molecular formula is C18H23N3OS. The summed E-state index contributed by atoms with van der Waals surface area (Å²) in [6, 6.07) is 9.43. The fraction of sp³-hybridized carbons (Fsp3) is 0.444. The maximum absolute atomic E-state index is 11.0. The van der Waals surface area contributed by atoms with Gasteiger partial charge in [0.25, 0.3) is 0 Å². The second kappa shape index (κ2) is 7.13. The van der Waals surface area contributed by atoms with E-state index in [2.05, 4.69) is 45.3 Å². The molecule has 1 amide bonds. The third-order valence-corrected chi connectivity index (χ3v) is 4.75. The van der Waals surface area contributed by atoms with Crippen LogP contribution in [0.3, 0.4) is 0 Å². The van der Waals surface area contributed by atoms with Crippen molar-refractivity contribution in [1.29, 1.82) is 0 Å². The topological polar surface area (TPSA) is 54.0 Å². The average molecular weight is 329 g/mol. The van der Waals surface area contributed by atoms with Gasteiger partial charge in [-0.1, -0.05) is 24.3 Å². The van der Waals surface area contributed by atoms with Gasteiger partial charge in [-0.15, -0.1) is 11.3 Å². The van der Waals surface area contributed by atoms with Crippen molar-refractivity contribution in [3.8, 4) is 11.3 Å². The van der Waals surface area contributed by atoms with Crippen molar-refractivity contribution in [1.82, 2.24) is 10.3 Å². The Bertz CT molecular complexity index is 661. The van der Waals surface area contributed by atoms with Crippen LogP contribution in [0.15, 0.2) is 29.6 Å². The van der Waals surface area contributed by atoms with Gasteiger partial charge in [0, 0.05) is 30.0 Å². The molecule has 1 aromatic carbocycles. The Hall–Kier alpha value is -1.88. The molecule has 3 rings (SSSR count). The van der Waals surface area contributed by atoms with Crippen molar-refractivity contribution in [3.63, 3.8) is 0 Å². The lowest BCUT2D eigenvalue weighted by atomic mass is 10.0. The molecule has 0 radical (unpaired) electrons. The van der Waals surface area contributed by atoms with Crippen molar-refractivity contribution in [2.75, 3.05) is 5.32 Å². The second-order valence-corrected chi connectivity index (χ2v) is 7.15. The lowest BCUT2D eigenvalue weighted by Crippen LogP contribution is -2.30. The zero-order valence-electron chi connectivity index (χ0n) is 13.6. The number of rotatable bonds is 7. The van der Waals surface area contributed by atoms with Crippen LogP contribution in [-0.4, -0.2) is 23.0 Å². The first-order valence-corrected chi connectivity index (χ1v) is 9.06. The number of thiazole rings is 1. The SMILES string of the molecule is CC(=O)N[C@H](C)CCc1ccc(-c2csc(NC3CC3)n2)cc1. The van der Waals surface area contributed by atoms with Crippen LogP contribution in [0.2, 0.25) is 0 Å². The maximum Gasteiger partial charge on any atom is 0.217 e. The molecule has 122 valence electrons. The van der Waals surface area contributed by atoms with Crippen molar-refractivity contribution >= 4 is 22.4 Å². The van der Waals surface area contributed by atoms with E-state index in [1.165, 1.54) is 18.4 Å². The molecule has 0 spiro atoms. The third kappa shape index (κ3) is 4.79. The fourth-order valence-corrected chi connectivity index (χ4v) is 3.32. The number of carbonyl (C=O) groups is 1. The van der Waals surface area contributed by atoms with Gasteiger partial charge in [-0.2, -0.15) is 0 Å². The molecular weight excluding hydrogens is 306 g/mol. The van der Waals surface area contributed by atoms with E-state index < -0.39 is 0 Å². The number of hydrogen-bond donors (Lipinski definition) is 2. The zero-order valence-corrected chi connectivity index (χ0v) is 14.5. The molecule has 1 heterocycles. The Morgan fingerprint density at radius 3 is 2.74 bits per heavy atom. The van der Waals surface area contributed by atoms with Gasteiger partial charge in [0.05, 0.1) is 5.69 Å². The Balaban J connectivity index is 1.55. The summed E-state index contributed by atoms with van der Waals surface area (Å²) in [7, 11) is 0. The molecule has 1 aliphatic carbocycles. The Morgan fingerprint density at radius 2 is 2.09 bits per heavy atom. The van der Waals surface area contributed by atoms with Gasteiger partial charge in [-0.3, -0.25) is 4.79 Å². The maximum atomic E-state index is 11.0.